The molecule has 2 rings (SSSR count). The normalized spacial score (nSPS) is 11.3. The lowest BCUT2D eigenvalue weighted by Gasteiger charge is -2.11. The highest BCUT2D eigenvalue weighted by atomic mass is 19.4. The number of aromatic hydroxyl groups is 1. The van der Waals surface area contributed by atoms with Crippen molar-refractivity contribution in [2.24, 2.45) is 0 Å². The van der Waals surface area contributed by atoms with E-state index < -0.39 is 17.6 Å². The van der Waals surface area contributed by atoms with Crippen LogP contribution >= 0.6 is 0 Å². The predicted octanol–water partition coefficient (Wildman–Crippen LogP) is 4.23. The zero-order valence-electron chi connectivity index (χ0n) is 11.7. The van der Waals surface area contributed by atoms with Crippen molar-refractivity contribution >= 4 is 11.6 Å². The van der Waals surface area contributed by atoms with Gasteiger partial charge in [-0.25, -0.2) is 0 Å². The van der Waals surface area contributed by atoms with Crippen molar-refractivity contribution in [2.75, 3.05) is 5.32 Å². The fraction of sp³-hybridized carbons (Fsp3) is 0.188. The van der Waals surface area contributed by atoms with Crippen LogP contribution in [0, 0.1) is 0 Å². The monoisotopic (exact) mass is 309 g/mol. The average Bonchev–Trinajstić information content (AvgIpc) is 2.47. The lowest BCUT2D eigenvalue weighted by Crippen LogP contribution is -2.13. The Labute approximate surface area is 125 Å². The highest BCUT2D eigenvalue weighted by Crippen LogP contribution is 2.31. The summed E-state index contributed by atoms with van der Waals surface area (Å²) >= 11 is 0. The van der Waals surface area contributed by atoms with Gasteiger partial charge >= 0.3 is 6.18 Å². The van der Waals surface area contributed by atoms with Crippen LogP contribution in [0.3, 0.4) is 0 Å². The number of benzene rings is 2. The Kier molecular flexibility index (Phi) is 4.40. The summed E-state index contributed by atoms with van der Waals surface area (Å²) in [7, 11) is 0. The van der Waals surface area contributed by atoms with Gasteiger partial charge in [0.05, 0.1) is 11.1 Å². The number of amides is 1. The number of alkyl halides is 3. The Hall–Kier alpha value is -2.50. The molecule has 116 valence electrons. The van der Waals surface area contributed by atoms with Crippen molar-refractivity contribution in [2.45, 2.75) is 19.5 Å². The van der Waals surface area contributed by atoms with Crippen molar-refractivity contribution in [1.82, 2.24) is 0 Å². The number of rotatable bonds is 3. The second-order valence-corrected chi connectivity index (χ2v) is 4.74. The van der Waals surface area contributed by atoms with Gasteiger partial charge in [-0.15, -0.1) is 0 Å². The molecule has 0 atom stereocenters. The first-order valence-electron chi connectivity index (χ1n) is 6.61. The molecule has 0 radical (unpaired) electrons. The third-order valence-corrected chi connectivity index (χ3v) is 3.16. The zero-order chi connectivity index (χ0) is 16.3. The molecule has 0 saturated heterocycles. The largest absolute Gasteiger partial charge is 0.507 e. The first-order chi connectivity index (χ1) is 10.3. The van der Waals surface area contributed by atoms with Crippen LogP contribution in [0.25, 0.3) is 0 Å². The fourth-order valence-corrected chi connectivity index (χ4v) is 1.96. The summed E-state index contributed by atoms with van der Waals surface area (Å²) in [5.41, 5.74) is 0.0294. The minimum atomic E-state index is -4.48. The SMILES string of the molecule is CCc1ccc(O)c(C(=O)Nc2cccc(C(F)(F)F)c2)c1. The summed E-state index contributed by atoms with van der Waals surface area (Å²) in [6.07, 6.45) is -3.81. The van der Waals surface area contributed by atoms with Crippen LogP contribution in [-0.4, -0.2) is 11.0 Å². The Morgan fingerprint density at radius 1 is 1.18 bits per heavy atom. The molecule has 0 spiro atoms. The molecule has 1 amide bonds. The lowest BCUT2D eigenvalue weighted by molar-refractivity contribution is -0.137. The number of anilines is 1. The molecule has 2 aromatic carbocycles. The maximum absolute atomic E-state index is 12.6. The van der Waals surface area contributed by atoms with E-state index in [1.807, 2.05) is 6.92 Å². The molecule has 0 aromatic heterocycles. The van der Waals surface area contributed by atoms with Crippen LogP contribution in [0.2, 0.25) is 0 Å². The Morgan fingerprint density at radius 2 is 1.91 bits per heavy atom. The fourth-order valence-electron chi connectivity index (χ4n) is 1.96. The van der Waals surface area contributed by atoms with Crippen molar-refractivity contribution in [3.8, 4) is 5.75 Å². The second-order valence-electron chi connectivity index (χ2n) is 4.74. The van der Waals surface area contributed by atoms with Gasteiger partial charge in [0.25, 0.3) is 5.91 Å². The third-order valence-electron chi connectivity index (χ3n) is 3.16. The van der Waals surface area contributed by atoms with Crippen molar-refractivity contribution in [3.05, 3.63) is 59.2 Å². The maximum Gasteiger partial charge on any atom is 0.416 e. The number of halogens is 3. The minimum Gasteiger partial charge on any atom is -0.507 e. The standard InChI is InChI=1S/C16H14F3NO2/c1-2-10-6-7-14(21)13(8-10)15(22)20-12-5-3-4-11(9-12)16(17,18)19/h3-9,21H,2H2,1H3,(H,20,22). The van der Waals surface area contributed by atoms with Gasteiger partial charge < -0.3 is 10.4 Å². The molecular weight excluding hydrogens is 295 g/mol. The molecule has 3 nitrogen and oxygen atoms in total. The van der Waals surface area contributed by atoms with Gasteiger partial charge in [-0.1, -0.05) is 19.1 Å². The number of aryl methyl sites for hydroxylation is 1. The summed E-state index contributed by atoms with van der Waals surface area (Å²) in [5.74, 6) is -0.881. The predicted molar refractivity (Wildman–Crippen MR) is 76.9 cm³/mol. The molecule has 0 aliphatic heterocycles. The van der Waals surface area contributed by atoms with Gasteiger partial charge in [-0.05, 0) is 42.3 Å². The van der Waals surface area contributed by atoms with E-state index in [0.29, 0.717) is 6.42 Å². The van der Waals surface area contributed by atoms with Crippen LogP contribution in [0.5, 0.6) is 5.75 Å². The van der Waals surface area contributed by atoms with Crippen LogP contribution in [0.4, 0.5) is 18.9 Å². The van der Waals surface area contributed by atoms with E-state index in [2.05, 4.69) is 5.32 Å². The molecular formula is C16H14F3NO2. The highest BCUT2D eigenvalue weighted by Gasteiger charge is 2.30. The molecule has 22 heavy (non-hydrogen) atoms. The third kappa shape index (κ3) is 3.58. The number of hydrogen-bond acceptors (Lipinski definition) is 2. The maximum atomic E-state index is 12.6. The molecule has 6 heteroatoms. The topological polar surface area (TPSA) is 49.3 Å². The number of phenols is 1. The van der Waals surface area contributed by atoms with Crippen molar-refractivity contribution < 1.29 is 23.1 Å². The van der Waals surface area contributed by atoms with Crippen LogP contribution in [0.1, 0.15) is 28.4 Å². The molecule has 0 bridgehead atoms. The minimum absolute atomic E-state index is 0.0149. The summed E-state index contributed by atoms with van der Waals surface area (Å²) in [6.45, 7) is 1.89. The second kappa shape index (κ2) is 6.09. The molecule has 0 fully saturated rings. The van der Waals surface area contributed by atoms with Gasteiger partial charge in [-0.3, -0.25) is 4.79 Å². The Morgan fingerprint density at radius 3 is 2.55 bits per heavy atom. The number of phenolic OH excluding ortho intramolecular Hbond substituents is 1. The average molecular weight is 309 g/mol. The number of carbonyl (C=O) groups is 1. The van der Waals surface area contributed by atoms with Gasteiger partial charge in [0.15, 0.2) is 0 Å². The van der Waals surface area contributed by atoms with E-state index in [4.69, 9.17) is 0 Å². The quantitative estimate of drug-likeness (QED) is 0.891. The number of carbonyl (C=O) groups excluding carboxylic acids is 1. The number of nitrogens with one attached hydrogen (secondary N) is 1. The first-order valence-corrected chi connectivity index (χ1v) is 6.61. The lowest BCUT2D eigenvalue weighted by atomic mass is 10.1. The summed E-state index contributed by atoms with van der Waals surface area (Å²) in [5, 5.41) is 12.1. The molecule has 2 N–H and O–H groups in total. The smallest absolute Gasteiger partial charge is 0.416 e. The highest BCUT2D eigenvalue weighted by molar-refractivity contribution is 6.06. The summed E-state index contributed by atoms with van der Waals surface area (Å²) < 4.78 is 37.9. The van der Waals surface area contributed by atoms with E-state index in [1.165, 1.54) is 24.3 Å². The van der Waals surface area contributed by atoms with E-state index >= 15 is 0 Å². The van der Waals surface area contributed by atoms with Gasteiger partial charge in [-0.2, -0.15) is 13.2 Å². The van der Waals surface area contributed by atoms with E-state index in [1.54, 1.807) is 6.07 Å². The molecule has 2 aromatic rings. The Bertz CT molecular complexity index is 696. The molecule has 0 heterocycles. The van der Waals surface area contributed by atoms with Gasteiger partial charge in [0, 0.05) is 5.69 Å². The summed E-state index contributed by atoms with van der Waals surface area (Å²) in [6, 6.07) is 8.91. The van der Waals surface area contributed by atoms with Gasteiger partial charge in [0.2, 0.25) is 0 Å². The number of hydrogen-bond donors (Lipinski definition) is 2. The zero-order valence-corrected chi connectivity index (χ0v) is 11.7. The van der Waals surface area contributed by atoms with Crippen LogP contribution < -0.4 is 5.32 Å². The molecule has 0 aliphatic rings. The molecule has 0 unspecified atom stereocenters. The van der Waals surface area contributed by atoms with E-state index in [-0.39, 0.29) is 17.0 Å². The molecule has 0 saturated carbocycles. The van der Waals surface area contributed by atoms with Crippen LogP contribution in [-0.2, 0) is 12.6 Å². The summed E-state index contributed by atoms with van der Waals surface area (Å²) in [4.78, 5) is 12.1. The van der Waals surface area contributed by atoms with Crippen molar-refractivity contribution in [3.63, 3.8) is 0 Å². The van der Waals surface area contributed by atoms with E-state index in [0.717, 1.165) is 17.7 Å². The van der Waals surface area contributed by atoms with Gasteiger partial charge in [0.1, 0.15) is 5.75 Å². The van der Waals surface area contributed by atoms with E-state index in [9.17, 15) is 23.1 Å². The Balaban J connectivity index is 2.26. The van der Waals surface area contributed by atoms with Crippen LogP contribution in [0.15, 0.2) is 42.5 Å². The molecule has 0 aliphatic carbocycles. The van der Waals surface area contributed by atoms with Crippen molar-refractivity contribution in [1.29, 1.82) is 0 Å². The first kappa shape index (κ1) is 15.9.